The number of ether oxygens (including phenoxy) is 2. The monoisotopic (exact) mass is 350 g/mol. The van der Waals surface area contributed by atoms with Crippen molar-refractivity contribution < 1.29 is 29.0 Å². The Balaban J connectivity index is 1.88. The summed E-state index contributed by atoms with van der Waals surface area (Å²) < 4.78 is 10.2. The Labute approximate surface area is 145 Å². The zero-order chi connectivity index (χ0) is 18.2. The number of carboxylic acids is 1. The molecular formula is C17H22N2O6. The minimum atomic E-state index is -1.31. The van der Waals surface area contributed by atoms with E-state index in [0.29, 0.717) is 26.3 Å². The Morgan fingerprint density at radius 1 is 1.24 bits per heavy atom. The van der Waals surface area contributed by atoms with E-state index >= 15 is 0 Å². The number of nitrogens with zero attached hydrogens (tertiary/aromatic N) is 2. The molecule has 8 heteroatoms. The molecule has 1 aromatic rings. The van der Waals surface area contributed by atoms with Crippen molar-refractivity contribution in [2.45, 2.75) is 12.5 Å². The predicted octanol–water partition coefficient (Wildman–Crippen LogP) is 0.609. The highest BCUT2D eigenvalue weighted by Crippen LogP contribution is 2.08. The summed E-state index contributed by atoms with van der Waals surface area (Å²) in [4.78, 5) is 38.3. The first-order valence-electron chi connectivity index (χ1n) is 8.01. The molecule has 0 aromatic heterocycles. The maximum Gasteiger partial charge on any atom is 0.410 e. The average Bonchev–Trinajstić information content (AvgIpc) is 2.62. The summed E-state index contributed by atoms with van der Waals surface area (Å²) in [6.45, 7) is 1.73. The van der Waals surface area contributed by atoms with Crippen LogP contribution >= 0.6 is 0 Å². The molecule has 0 unspecified atom stereocenters. The van der Waals surface area contributed by atoms with Crippen molar-refractivity contribution in [3.05, 3.63) is 35.9 Å². The number of hydrogen-bond donors (Lipinski definition) is 1. The van der Waals surface area contributed by atoms with Crippen molar-refractivity contribution in [3.8, 4) is 0 Å². The van der Waals surface area contributed by atoms with Crippen LogP contribution in [0.25, 0.3) is 0 Å². The van der Waals surface area contributed by atoms with E-state index in [-0.39, 0.29) is 18.9 Å². The van der Waals surface area contributed by atoms with Crippen LogP contribution in [0, 0.1) is 0 Å². The van der Waals surface area contributed by atoms with E-state index in [2.05, 4.69) is 0 Å². The molecule has 1 fully saturated rings. The van der Waals surface area contributed by atoms with Crippen molar-refractivity contribution in [2.75, 3.05) is 39.9 Å². The van der Waals surface area contributed by atoms with Gasteiger partial charge in [0.25, 0.3) is 0 Å². The van der Waals surface area contributed by atoms with Crippen LogP contribution in [-0.2, 0) is 25.5 Å². The van der Waals surface area contributed by atoms with Gasteiger partial charge in [0.15, 0.2) is 0 Å². The summed E-state index contributed by atoms with van der Waals surface area (Å²) >= 11 is 0. The molecule has 1 aliphatic rings. The lowest BCUT2D eigenvalue weighted by atomic mass is 10.1. The molecule has 0 spiro atoms. The molecule has 1 aromatic carbocycles. The lowest BCUT2D eigenvalue weighted by molar-refractivity contribution is -0.147. The van der Waals surface area contributed by atoms with Gasteiger partial charge in [0.2, 0.25) is 12.0 Å². The van der Waals surface area contributed by atoms with Gasteiger partial charge in [0, 0.05) is 26.6 Å². The van der Waals surface area contributed by atoms with E-state index in [1.54, 1.807) is 29.2 Å². The number of hydrogen-bond acceptors (Lipinski definition) is 5. The lowest BCUT2D eigenvalue weighted by Crippen LogP contribution is -2.47. The van der Waals surface area contributed by atoms with E-state index < -0.39 is 18.2 Å². The number of carbonyl (C=O) groups excluding carboxylic acids is 2. The van der Waals surface area contributed by atoms with Crippen LogP contribution in [0.15, 0.2) is 30.3 Å². The largest absolute Gasteiger partial charge is 0.478 e. The van der Waals surface area contributed by atoms with Crippen LogP contribution in [0.1, 0.15) is 5.56 Å². The average molecular weight is 350 g/mol. The molecule has 2 amide bonds. The zero-order valence-corrected chi connectivity index (χ0v) is 14.1. The van der Waals surface area contributed by atoms with Crippen LogP contribution in [0.3, 0.4) is 0 Å². The summed E-state index contributed by atoms with van der Waals surface area (Å²) in [5.74, 6) is -1.46. The Bertz CT molecular complexity index is 600. The van der Waals surface area contributed by atoms with Gasteiger partial charge in [-0.05, 0) is 5.56 Å². The Kier molecular flexibility index (Phi) is 6.76. The quantitative estimate of drug-likeness (QED) is 0.807. The second kappa shape index (κ2) is 9.03. The van der Waals surface area contributed by atoms with Gasteiger partial charge in [-0.1, -0.05) is 30.3 Å². The third kappa shape index (κ3) is 5.75. The fourth-order valence-electron chi connectivity index (χ4n) is 2.40. The molecule has 1 saturated heterocycles. The second-order valence-electron chi connectivity index (χ2n) is 5.75. The van der Waals surface area contributed by atoms with E-state index in [4.69, 9.17) is 9.47 Å². The van der Waals surface area contributed by atoms with Crippen LogP contribution < -0.4 is 0 Å². The number of benzene rings is 1. The molecule has 8 nitrogen and oxygen atoms in total. The lowest BCUT2D eigenvalue weighted by Gasteiger charge is -2.28. The van der Waals surface area contributed by atoms with Gasteiger partial charge in [-0.25, -0.2) is 9.59 Å². The standard InChI is InChI=1S/C17H22N2O6/c1-18(12-15(20)19-7-9-24-10-8-19)17(23)25-14(16(21)22)11-13-5-3-2-4-6-13/h2-6,14H,7-12H2,1H3,(H,21,22)/t14-/m0/s1. The number of amides is 2. The molecule has 136 valence electrons. The van der Waals surface area contributed by atoms with Crippen molar-refractivity contribution in [1.82, 2.24) is 9.80 Å². The van der Waals surface area contributed by atoms with Crippen LogP contribution in [0.4, 0.5) is 4.79 Å². The Morgan fingerprint density at radius 3 is 2.48 bits per heavy atom. The minimum Gasteiger partial charge on any atom is -0.478 e. The molecule has 0 radical (unpaired) electrons. The summed E-state index contributed by atoms with van der Waals surface area (Å²) in [5, 5.41) is 9.27. The van der Waals surface area contributed by atoms with Crippen LogP contribution in [0.2, 0.25) is 0 Å². The normalized spacial score (nSPS) is 15.3. The molecule has 1 heterocycles. The highest BCUT2D eigenvalue weighted by atomic mass is 16.6. The molecule has 0 bridgehead atoms. The third-order valence-electron chi connectivity index (χ3n) is 3.83. The van der Waals surface area contributed by atoms with Crippen molar-refractivity contribution in [2.24, 2.45) is 0 Å². The topological polar surface area (TPSA) is 96.4 Å². The zero-order valence-electron chi connectivity index (χ0n) is 14.1. The molecular weight excluding hydrogens is 328 g/mol. The number of carboxylic acid groups (broad SMARTS) is 1. The van der Waals surface area contributed by atoms with E-state index in [1.807, 2.05) is 6.07 Å². The van der Waals surface area contributed by atoms with Gasteiger partial charge in [0.1, 0.15) is 6.54 Å². The molecule has 1 aliphatic heterocycles. The first kappa shape index (κ1) is 18.7. The Hall–Kier alpha value is -2.61. The Morgan fingerprint density at radius 2 is 1.88 bits per heavy atom. The molecule has 1 atom stereocenters. The molecule has 1 N–H and O–H groups in total. The molecule has 0 saturated carbocycles. The van der Waals surface area contributed by atoms with Crippen LogP contribution in [0.5, 0.6) is 0 Å². The van der Waals surface area contributed by atoms with Gasteiger partial charge in [-0.2, -0.15) is 0 Å². The van der Waals surface area contributed by atoms with Gasteiger partial charge >= 0.3 is 12.1 Å². The van der Waals surface area contributed by atoms with Crippen molar-refractivity contribution >= 4 is 18.0 Å². The van der Waals surface area contributed by atoms with Gasteiger partial charge < -0.3 is 24.4 Å². The van der Waals surface area contributed by atoms with Crippen molar-refractivity contribution in [1.29, 1.82) is 0 Å². The van der Waals surface area contributed by atoms with Crippen LogP contribution in [-0.4, -0.2) is 78.9 Å². The highest BCUT2D eigenvalue weighted by molar-refractivity contribution is 5.83. The SMILES string of the molecule is CN(CC(=O)N1CCOCC1)C(=O)O[C@@H](Cc1ccccc1)C(=O)O. The van der Waals surface area contributed by atoms with E-state index in [0.717, 1.165) is 10.5 Å². The first-order chi connectivity index (χ1) is 12.0. The number of likely N-dealkylation sites (N-methyl/N-ethyl adjacent to an activating group) is 1. The second-order valence-corrected chi connectivity index (χ2v) is 5.75. The van der Waals surface area contributed by atoms with E-state index in [1.165, 1.54) is 7.05 Å². The van der Waals surface area contributed by atoms with Gasteiger partial charge in [-0.3, -0.25) is 4.79 Å². The van der Waals surface area contributed by atoms with Gasteiger partial charge in [0.05, 0.1) is 13.2 Å². The number of morpholine rings is 1. The minimum absolute atomic E-state index is 0.0627. The smallest absolute Gasteiger partial charge is 0.410 e. The van der Waals surface area contributed by atoms with Gasteiger partial charge in [-0.15, -0.1) is 0 Å². The maximum atomic E-state index is 12.1. The molecule has 2 rings (SSSR count). The molecule has 0 aliphatic carbocycles. The van der Waals surface area contributed by atoms with Crippen molar-refractivity contribution in [3.63, 3.8) is 0 Å². The number of carbonyl (C=O) groups is 3. The fourth-order valence-corrected chi connectivity index (χ4v) is 2.40. The summed E-state index contributed by atoms with van der Waals surface area (Å²) in [6.07, 6.45) is -2.09. The van der Waals surface area contributed by atoms with E-state index in [9.17, 15) is 19.5 Å². The predicted molar refractivity (Wildman–Crippen MR) is 88.1 cm³/mol. The highest BCUT2D eigenvalue weighted by Gasteiger charge is 2.26. The number of aliphatic carboxylic acids is 1. The summed E-state index contributed by atoms with van der Waals surface area (Å²) in [6, 6.07) is 8.90. The first-order valence-corrected chi connectivity index (χ1v) is 8.01. The summed E-state index contributed by atoms with van der Waals surface area (Å²) in [7, 11) is 1.40. The third-order valence-corrected chi connectivity index (χ3v) is 3.83. The molecule has 25 heavy (non-hydrogen) atoms. The maximum absolute atomic E-state index is 12.1. The fraction of sp³-hybridized carbons (Fsp3) is 0.471. The number of rotatable bonds is 6. The summed E-state index contributed by atoms with van der Waals surface area (Å²) in [5.41, 5.74) is 0.745.